The second-order valence-electron chi connectivity index (χ2n) is 7.19. The van der Waals surface area contributed by atoms with Crippen molar-refractivity contribution in [3.05, 3.63) is 58.8 Å². The van der Waals surface area contributed by atoms with Crippen molar-refractivity contribution < 1.29 is 9.47 Å². The number of nitrogens with one attached hydrogen (secondary N) is 1. The first-order chi connectivity index (χ1) is 15.0. The van der Waals surface area contributed by atoms with E-state index in [1.807, 2.05) is 43.3 Å². The van der Waals surface area contributed by atoms with Crippen molar-refractivity contribution in [1.82, 2.24) is 29.3 Å². The van der Waals surface area contributed by atoms with Gasteiger partial charge in [0.2, 0.25) is 0 Å². The van der Waals surface area contributed by atoms with Crippen molar-refractivity contribution >= 4 is 22.1 Å². The number of pyridine rings is 2. The summed E-state index contributed by atoms with van der Waals surface area (Å²) in [6.07, 6.45) is 1.65. The summed E-state index contributed by atoms with van der Waals surface area (Å²) >= 11 is 0. The minimum Gasteiger partial charge on any atom is -0.493 e. The first kappa shape index (κ1) is 18.9. The molecule has 5 rings (SSSR count). The Balaban J connectivity index is 1.80. The smallest absolute Gasteiger partial charge is 0.332 e. The van der Waals surface area contributed by atoms with Crippen molar-refractivity contribution in [3.8, 4) is 28.6 Å². The van der Waals surface area contributed by atoms with E-state index in [4.69, 9.17) is 14.5 Å². The molecule has 0 aliphatic carbocycles. The van der Waals surface area contributed by atoms with E-state index < -0.39 is 0 Å². The quantitative estimate of drug-likeness (QED) is 0.483. The number of ether oxygens (including phenoxy) is 2. The number of rotatable bonds is 4. The fourth-order valence-corrected chi connectivity index (χ4v) is 3.82. The highest BCUT2D eigenvalue weighted by Gasteiger charge is 2.18. The summed E-state index contributed by atoms with van der Waals surface area (Å²) in [6, 6.07) is 11.3. The Kier molecular flexibility index (Phi) is 4.25. The lowest BCUT2D eigenvalue weighted by Gasteiger charge is -2.10. The van der Waals surface area contributed by atoms with E-state index >= 15 is 0 Å². The molecule has 0 saturated heterocycles. The first-order valence-corrected chi connectivity index (χ1v) is 9.64. The van der Waals surface area contributed by atoms with E-state index in [0.29, 0.717) is 39.4 Å². The van der Waals surface area contributed by atoms with Gasteiger partial charge in [0, 0.05) is 18.7 Å². The summed E-state index contributed by atoms with van der Waals surface area (Å²) in [4.78, 5) is 25.0. The van der Waals surface area contributed by atoms with Gasteiger partial charge in [-0.05, 0) is 37.3 Å². The summed E-state index contributed by atoms with van der Waals surface area (Å²) in [6.45, 7) is 1.89. The summed E-state index contributed by atoms with van der Waals surface area (Å²) in [5, 5.41) is 4.38. The minimum atomic E-state index is -0.273. The Labute approximate surface area is 176 Å². The first-order valence-electron chi connectivity index (χ1n) is 9.64. The second kappa shape index (κ2) is 6.98. The number of aryl methyl sites for hydroxylation is 2. The van der Waals surface area contributed by atoms with Gasteiger partial charge < -0.3 is 14.5 Å². The van der Waals surface area contributed by atoms with Crippen molar-refractivity contribution in [2.75, 3.05) is 14.2 Å². The van der Waals surface area contributed by atoms with E-state index in [1.54, 1.807) is 36.7 Å². The maximum atomic E-state index is 12.8. The molecule has 0 aliphatic heterocycles. The molecule has 0 atom stereocenters. The molecular weight excluding hydrogens is 396 g/mol. The molecule has 1 N–H and O–H groups in total. The van der Waals surface area contributed by atoms with Crippen LogP contribution in [0.3, 0.4) is 0 Å². The van der Waals surface area contributed by atoms with E-state index in [-0.39, 0.29) is 5.69 Å². The number of H-pyrrole nitrogens is 1. The average Bonchev–Trinajstić information content (AvgIpc) is 3.29. The normalized spacial score (nSPS) is 11.4. The fraction of sp³-hybridized carbons (Fsp3) is 0.182. The zero-order valence-corrected chi connectivity index (χ0v) is 17.5. The van der Waals surface area contributed by atoms with Crippen LogP contribution in [0.1, 0.15) is 5.69 Å². The van der Waals surface area contributed by atoms with Gasteiger partial charge in [0.05, 0.1) is 42.8 Å². The van der Waals surface area contributed by atoms with Gasteiger partial charge in [-0.1, -0.05) is 0 Å². The van der Waals surface area contributed by atoms with Crippen LogP contribution in [0.15, 0.2) is 47.4 Å². The number of aromatic nitrogens is 6. The molecule has 0 fully saturated rings. The SMILES string of the molecule is COc1ccc(-c2ccc3ncc4[nH]c(=O)n(-c5cc(C)nn5C)c4c3n2)cc1OC. The standard InChI is InChI=1S/C22H20N6O3/c1-12-9-19(27(2)26-12)28-21-16(25-22(28)29)11-23-15-7-6-14(24-20(15)21)13-5-8-17(30-3)18(10-13)31-4/h5-11H,1-4H3,(H,25,29). The van der Waals surface area contributed by atoms with Crippen LogP contribution in [0.2, 0.25) is 0 Å². The lowest BCUT2D eigenvalue weighted by molar-refractivity contribution is 0.355. The number of benzene rings is 1. The highest BCUT2D eigenvalue weighted by molar-refractivity contribution is 6.00. The van der Waals surface area contributed by atoms with Gasteiger partial charge in [-0.25, -0.2) is 14.3 Å². The second-order valence-corrected chi connectivity index (χ2v) is 7.19. The minimum absolute atomic E-state index is 0.273. The molecule has 0 spiro atoms. The Hall–Kier alpha value is -4.14. The number of hydrogen-bond acceptors (Lipinski definition) is 6. The molecule has 0 aliphatic rings. The van der Waals surface area contributed by atoms with E-state index in [9.17, 15) is 4.79 Å². The van der Waals surface area contributed by atoms with Gasteiger partial charge in [-0.3, -0.25) is 9.67 Å². The van der Waals surface area contributed by atoms with Crippen LogP contribution < -0.4 is 15.2 Å². The maximum Gasteiger partial charge on any atom is 0.332 e. The molecule has 4 heterocycles. The molecule has 0 saturated carbocycles. The number of fused-ring (bicyclic) bond motifs is 3. The zero-order chi connectivity index (χ0) is 21.7. The zero-order valence-electron chi connectivity index (χ0n) is 17.5. The van der Waals surface area contributed by atoms with Crippen LogP contribution in [0.25, 0.3) is 39.1 Å². The lowest BCUT2D eigenvalue weighted by Crippen LogP contribution is -2.17. The highest BCUT2D eigenvalue weighted by atomic mass is 16.5. The summed E-state index contributed by atoms with van der Waals surface area (Å²) < 4.78 is 14.0. The summed E-state index contributed by atoms with van der Waals surface area (Å²) in [5.41, 5.74) is 4.68. The molecule has 156 valence electrons. The average molecular weight is 416 g/mol. The maximum absolute atomic E-state index is 12.8. The van der Waals surface area contributed by atoms with Crippen LogP contribution in [-0.2, 0) is 7.05 Å². The van der Waals surface area contributed by atoms with E-state index in [0.717, 1.165) is 17.0 Å². The molecule has 5 aromatic rings. The Morgan fingerprint density at radius 2 is 1.84 bits per heavy atom. The molecule has 4 aromatic heterocycles. The summed E-state index contributed by atoms with van der Waals surface area (Å²) in [7, 11) is 5.00. The highest BCUT2D eigenvalue weighted by Crippen LogP contribution is 2.33. The topological polar surface area (TPSA) is 99.8 Å². The van der Waals surface area contributed by atoms with Crippen molar-refractivity contribution in [1.29, 1.82) is 0 Å². The predicted octanol–water partition coefficient (Wildman–Crippen LogP) is 2.99. The van der Waals surface area contributed by atoms with Gasteiger partial charge in [-0.15, -0.1) is 0 Å². The Bertz CT molecular complexity index is 1510. The van der Waals surface area contributed by atoms with Gasteiger partial charge in [0.25, 0.3) is 0 Å². The number of imidazole rings is 1. The van der Waals surface area contributed by atoms with Crippen LogP contribution in [-0.4, -0.2) is 43.5 Å². The van der Waals surface area contributed by atoms with Crippen molar-refractivity contribution in [2.45, 2.75) is 6.92 Å². The van der Waals surface area contributed by atoms with Crippen molar-refractivity contribution in [3.63, 3.8) is 0 Å². The molecular formula is C22H20N6O3. The predicted molar refractivity (Wildman–Crippen MR) is 117 cm³/mol. The van der Waals surface area contributed by atoms with Gasteiger partial charge in [-0.2, -0.15) is 5.10 Å². The lowest BCUT2D eigenvalue weighted by atomic mass is 10.1. The van der Waals surface area contributed by atoms with Crippen LogP contribution in [0.5, 0.6) is 11.5 Å². The Morgan fingerprint density at radius 1 is 1.03 bits per heavy atom. The molecule has 0 bridgehead atoms. The third-order valence-electron chi connectivity index (χ3n) is 5.24. The fourth-order valence-electron chi connectivity index (χ4n) is 3.82. The van der Waals surface area contributed by atoms with Crippen LogP contribution >= 0.6 is 0 Å². The van der Waals surface area contributed by atoms with E-state index in [2.05, 4.69) is 15.1 Å². The van der Waals surface area contributed by atoms with Gasteiger partial charge >= 0.3 is 5.69 Å². The van der Waals surface area contributed by atoms with Gasteiger partial charge in [0.1, 0.15) is 16.9 Å². The number of nitrogens with zero attached hydrogens (tertiary/aromatic N) is 5. The van der Waals surface area contributed by atoms with E-state index in [1.165, 1.54) is 0 Å². The third kappa shape index (κ3) is 2.93. The Morgan fingerprint density at radius 3 is 2.55 bits per heavy atom. The largest absolute Gasteiger partial charge is 0.493 e. The summed E-state index contributed by atoms with van der Waals surface area (Å²) in [5.74, 6) is 1.91. The third-order valence-corrected chi connectivity index (χ3v) is 5.24. The van der Waals surface area contributed by atoms with Gasteiger partial charge in [0.15, 0.2) is 11.5 Å². The van der Waals surface area contributed by atoms with Crippen LogP contribution in [0, 0.1) is 6.92 Å². The molecule has 9 nitrogen and oxygen atoms in total. The molecule has 0 amide bonds. The molecule has 9 heteroatoms. The molecule has 0 unspecified atom stereocenters. The molecule has 31 heavy (non-hydrogen) atoms. The van der Waals surface area contributed by atoms with Crippen molar-refractivity contribution in [2.24, 2.45) is 7.05 Å². The van der Waals surface area contributed by atoms with Crippen LogP contribution in [0.4, 0.5) is 0 Å². The molecule has 0 radical (unpaired) electrons. The number of aromatic amines is 1. The number of methoxy groups -OCH3 is 2. The monoisotopic (exact) mass is 416 g/mol. The number of hydrogen-bond donors (Lipinski definition) is 1. The molecule has 1 aromatic carbocycles.